The number of carbonyl (C=O) groups is 2. The lowest BCUT2D eigenvalue weighted by Gasteiger charge is -2.49. The Balaban J connectivity index is 1.85. The number of ketones is 1. The summed E-state index contributed by atoms with van der Waals surface area (Å²) in [5.74, 6) is -5.30. The van der Waals surface area contributed by atoms with Crippen molar-refractivity contribution in [3.05, 3.63) is 58.4 Å². The number of hydrogen-bond donors (Lipinski definition) is 0. The van der Waals surface area contributed by atoms with Gasteiger partial charge in [0.05, 0.1) is 37.6 Å². The third-order valence-electron chi connectivity index (χ3n) is 7.25. The summed E-state index contributed by atoms with van der Waals surface area (Å²) in [6.45, 7) is 8.53. The van der Waals surface area contributed by atoms with Gasteiger partial charge in [0.1, 0.15) is 34.9 Å². The van der Waals surface area contributed by atoms with Crippen LogP contribution in [0.5, 0.6) is 0 Å². The number of pyridine rings is 2. The van der Waals surface area contributed by atoms with Crippen molar-refractivity contribution in [1.82, 2.24) is 9.97 Å². The van der Waals surface area contributed by atoms with Gasteiger partial charge in [-0.3, -0.25) is 24.5 Å². The summed E-state index contributed by atoms with van der Waals surface area (Å²) in [5.41, 5.74) is -2.77. The first kappa shape index (κ1) is 31.1. The molecule has 222 valence electrons. The minimum atomic E-state index is -3.57. The molecule has 0 radical (unpaired) electrons. The standard InChI is InChI=1S/C28H32ClF3N4O4S/c1-25(2,3)40-23(38)12-21-26(4,5)41(39)22(13-28(31,32)15-34-41)27(6,36-21)24-18(30)9-8-17(35-24)11-20(37)19-10-7-16(29)14-33-19/h7-10,14,22H,11-13,15H2,1-6H3/t22-,27+,41-/m1/s1. The van der Waals surface area contributed by atoms with Gasteiger partial charge >= 0.3 is 5.97 Å². The Morgan fingerprint density at radius 1 is 1.12 bits per heavy atom. The Bertz CT molecular complexity index is 1550. The molecule has 2 aromatic heterocycles. The van der Waals surface area contributed by atoms with Gasteiger partial charge in [0.15, 0.2) is 5.78 Å². The highest BCUT2D eigenvalue weighted by atomic mass is 35.5. The van der Waals surface area contributed by atoms with Crippen LogP contribution in [-0.2, 0) is 31.2 Å². The molecule has 0 N–H and O–H groups in total. The lowest BCUT2D eigenvalue weighted by Crippen LogP contribution is -2.61. The fraction of sp³-hybridized carbons (Fsp3) is 0.536. The zero-order chi connectivity index (χ0) is 30.6. The van der Waals surface area contributed by atoms with Gasteiger partial charge in [-0.15, -0.1) is 0 Å². The summed E-state index contributed by atoms with van der Waals surface area (Å²) in [6.07, 6.45) is -0.249. The van der Waals surface area contributed by atoms with Crippen molar-refractivity contribution in [2.75, 3.05) is 6.54 Å². The molecule has 0 unspecified atom stereocenters. The maximum Gasteiger partial charge on any atom is 0.312 e. The number of esters is 1. The van der Waals surface area contributed by atoms with Gasteiger partial charge in [0.2, 0.25) is 0 Å². The number of hydrogen-bond acceptors (Lipinski definition) is 8. The molecule has 3 atom stereocenters. The van der Waals surface area contributed by atoms with Crippen LogP contribution in [0, 0.1) is 5.82 Å². The number of carbonyl (C=O) groups excluding carboxylic acids is 2. The maximum absolute atomic E-state index is 15.5. The Morgan fingerprint density at radius 3 is 2.41 bits per heavy atom. The topological polar surface area (TPSA) is 111 Å². The van der Waals surface area contributed by atoms with E-state index in [1.54, 1.807) is 20.8 Å². The Hall–Kier alpha value is -2.86. The summed E-state index contributed by atoms with van der Waals surface area (Å²) in [5, 5.41) is -1.10. The normalized spacial score (nSPS) is 26.8. The molecule has 0 aliphatic carbocycles. The number of aliphatic imine (C=N–C) groups is 1. The van der Waals surface area contributed by atoms with E-state index in [4.69, 9.17) is 16.3 Å². The predicted molar refractivity (Wildman–Crippen MR) is 150 cm³/mol. The molecule has 0 saturated heterocycles. The third kappa shape index (κ3) is 6.04. The molecule has 13 heteroatoms. The van der Waals surface area contributed by atoms with E-state index in [9.17, 15) is 22.6 Å². The van der Waals surface area contributed by atoms with Gasteiger partial charge in [0, 0.05) is 24.0 Å². The fourth-order valence-electron chi connectivity index (χ4n) is 5.12. The zero-order valence-electron chi connectivity index (χ0n) is 23.6. The minimum Gasteiger partial charge on any atom is -0.460 e. The van der Waals surface area contributed by atoms with Crippen LogP contribution in [0.3, 0.4) is 0 Å². The predicted octanol–water partition coefficient (Wildman–Crippen LogP) is 5.75. The highest BCUT2D eigenvalue weighted by molar-refractivity contribution is 7.96. The van der Waals surface area contributed by atoms with Gasteiger partial charge < -0.3 is 4.74 Å². The van der Waals surface area contributed by atoms with Gasteiger partial charge in [-0.05, 0) is 65.8 Å². The highest BCUT2D eigenvalue weighted by Gasteiger charge is 2.61. The lowest BCUT2D eigenvalue weighted by molar-refractivity contribution is -0.153. The first-order valence-electron chi connectivity index (χ1n) is 13.0. The molecule has 0 amide bonds. The summed E-state index contributed by atoms with van der Waals surface area (Å²) in [4.78, 5) is 38.7. The second-order valence-electron chi connectivity index (χ2n) is 12.0. The van der Waals surface area contributed by atoms with Crippen LogP contribution in [0.15, 0.2) is 39.8 Å². The first-order chi connectivity index (χ1) is 18.8. The monoisotopic (exact) mass is 612 g/mol. The molecule has 0 aromatic carbocycles. The SMILES string of the molecule is CC(C)(C)OC(=O)CC1=N[C@](C)(c2nc(CC(=O)c3ccc(Cl)cn3)ccc2F)[C@H]2CC(F)(F)CN=[S@]2(=O)C1(C)C. The molecule has 0 spiro atoms. The Morgan fingerprint density at radius 2 is 1.80 bits per heavy atom. The van der Waals surface area contributed by atoms with Crippen LogP contribution in [0.4, 0.5) is 13.2 Å². The molecule has 2 aliphatic heterocycles. The largest absolute Gasteiger partial charge is 0.460 e. The summed E-state index contributed by atoms with van der Waals surface area (Å²) in [7, 11) is -3.57. The van der Waals surface area contributed by atoms with Gasteiger partial charge in [-0.25, -0.2) is 21.7 Å². The van der Waals surface area contributed by atoms with Crippen LogP contribution in [0.1, 0.15) is 76.3 Å². The van der Waals surface area contributed by atoms with E-state index in [2.05, 4.69) is 19.3 Å². The zero-order valence-corrected chi connectivity index (χ0v) is 25.2. The number of fused-ring (bicyclic) bond motifs is 1. The second kappa shape index (κ2) is 10.4. The Labute approximate surface area is 242 Å². The molecular weight excluding hydrogens is 581 g/mol. The Kier molecular flexibility index (Phi) is 7.92. The molecule has 4 heterocycles. The van der Waals surface area contributed by atoms with E-state index >= 15 is 4.39 Å². The van der Waals surface area contributed by atoms with Crippen LogP contribution in [0.2, 0.25) is 5.02 Å². The van der Waals surface area contributed by atoms with Gasteiger partial charge in [0.25, 0.3) is 5.92 Å². The van der Waals surface area contributed by atoms with Crippen molar-refractivity contribution < 1.29 is 31.7 Å². The third-order valence-corrected chi connectivity index (χ3v) is 11.1. The van der Waals surface area contributed by atoms with Crippen molar-refractivity contribution in [2.24, 2.45) is 9.36 Å². The number of Topliss-reactive ketones (excluding diaryl/α,β-unsaturated/α-hetero) is 1. The minimum absolute atomic E-state index is 0.0810. The summed E-state index contributed by atoms with van der Waals surface area (Å²) in [6, 6.07) is 5.30. The van der Waals surface area contributed by atoms with Crippen molar-refractivity contribution in [3.63, 3.8) is 0 Å². The second-order valence-corrected chi connectivity index (χ2v) is 15.4. The molecule has 2 aliphatic rings. The van der Waals surface area contributed by atoms with Crippen molar-refractivity contribution in [1.29, 1.82) is 0 Å². The van der Waals surface area contributed by atoms with Gasteiger partial charge in [-0.2, -0.15) is 0 Å². The molecule has 41 heavy (non-hydrogen) atoms. The van der Waals surface area contributed by atoms with Crippen LogP contribution < -0.4 is 0 Å². The van der Waals surface area contributed by atoms with Crippen LogP contribution in [-0.4, -0.2) is 59.7 Å². The summed E-state index contributed by atoms with van der Waals surface area (Å²) >= 11 is 5.84. The maximum atomic E-state index is 15.5. The van der Waals surface area contributed by atoms with E-state index in [1.165, 1.54) is 45.2 Å². The molecule has 0 bridgehead atoms. The number of rotatable bonds is 6. The van der Waals surface area contributed by atoms with E-state index in [0.29, 0.717) is 5.02 Å². The highest BCUT2D eigenvalue weighted by Crippen LogP contribution is 2.50. The van der Waals surface area contributed by atoms with E-state index in [1.807, 2.05) is 0 Å². The fourth-order valence-corrected chi connectivity index (χ4v) is 8.53. The molecule has 4 rings (SSSR count). The number of aromatic nitrogens is 2. The average Bonchev–Trinajstić information content (AvgIpc) is 2.84. The molecule has 2 aromatic rings. The first-order valence-corrected chi connectivity index (χ1v) is 14.9. The quantitative estimate of drug-likeness (QED) is 0.303. The molecular formula is C28H32ClF3N4O4S. The van der Waals surface area contributed by atoms with Crippen molar-refractivity contribution in [2.45, 2.75) is 87.9 Å². The number of alkyl halides is 2. The van der Waals surface area contributed by atoms with Gasteiger partial charge in [-0.1, -0.05) is 11.6 Å². The van der Waals surface area contributed by atoms with Crippen molar-refractivity contribution >= 4 is 38.8 Å². The lowest BCUT2D eigenvalue weighted by atomic mass is 9.87. The molecule has 8 nitrogen and oxygen atoms in total. The van der Waals surface area contributed by atoms with Crippen LogP contribution in [0.25, 0.3) is 0 Å². The number of nitrogens with zero attached hydrogens (tertiary/aromatic N) is 4. The molecule has 0 saturated carbocycles. The van der Waals surface area contributed by atoms with E-state index < -0.39 is 73.7 Å². The van der Waals surface area contributed by atoms with Crippen molar-refractivity contribution in [3.8, 4) is 0 Å². The smallest absolute Gasteiger partial charge is 0.312 e. The van der Waals surface area contributed by atoms with E-state index in [0.717, 1.165) is 6.07 Å². The van der Waals surface area contributed by atoms with Crippen LogP contribution >= 0.6 is 11.6 Å². The molecule has 0 fully saturated rings. The summed E-state index contributed by atoms with van der Waals surface area (Å²) < 4.78 is 67.8. The number of halogens is 4. The number of ether oxygens (including phenoxy) is 1. The average molecular weight is 613 g/mol. The van der Waals surface area contributed by atoms with E-state index in [-0.39, 0.29) is 29.2 Å².